The molecule has 3 nitrogen and oxygen atoms in total. The van der Waals surface area contributed by atoms with Crippen LogP contribution in [0, 0.1) is 0 Å². The summed E-state index contributed by atoms with van der Waals surface area (Å²) in [5.74, 6) is -0.417. The van der Waals surface area contributed by atoms with Crippen LogP contribution in [-0.2, 0) is 16.4 Å². The van der Waals surface area contributed by atoms with Gasteiger partial charge in [-0.25, -0.2) is 0 Å². The second-order valence-corrected chi connectivity index (χ2v) is 6.81. The Bertz CT molecular complexity index is 732. The molecule has 6 heteroatoms. The molecule has 2 N–H and O–H groups in total. The van der Waals surface area contributed by atoms with Crippen LogP contribution in [-0.4, -0.2) is 12.5 Å². The number of carbonyl (C=O) groups is 1. The van der Waals surface area contributed by atoms with Crippen molar-refractivity contribution in [3.8, 4) is 0 Å². The molecule has 0 aliphatic carbocycles. The Hall–Kier alpha value is -2.50. The third-order valence-corrected chi connectivity index (χ3v) is 3.68. The summed E-state index contributed by atoms with van der Waals surface area (Å²) in [7, 11) is 0. The van der Waals surface area contributed by atoms with Gasteiger partial charge >= 0.3 is 6.18 Å². The van der Waals surface area contributed by atoms with Crippen molar-refractivity contribution in [3.05, 3.63) is 59.7 Å². The van der Waals surface area contributed by atoms with Crippen LogP contribution < -0.4 is 10.6 Å². The first-order valence-electron chi connectivity index (χ1n) is 7.87. The van der Waals surface area contributed by atoms with Crippen LogP contribution >= 0.6 is 0 Å². The van der Waals surface area contributed by atoms with Crippen molar-refractivity contribution in [2.75, 3.05) is 17.2 Å². The molecule has 0 aliphatic rings. The van der Waals surface area contributed by atoms with E-state index in [0.29, 0.717) is 0 Å². The third-order valence-electron chi connectivity index (χ3n) is 3.68. The number of hydrogen-bond donors (Lipinski definition) is 2. The number of halogens is 3. The fourth-order valence-electron chi connectivity index (χ4n) is 2.25. The Kier molecular flexibility index (Phi) is 5.40. The van der Waals surface area contributed by atoms with Gasteiger partial charge in [0.05, 0.1) is 12.1 Å². The number of amides is 1. The largest absolute Gasteiger partial charge is 0.416 e. The van der Waals surface area contributed by atoms with Crippen molar-refractivity contribution in [2.24, 2.45) is 0 Å². The number of carbonyl (C=O) groups excluding carboxylic acids is 1. The summed E-state index contributed by atoms with van der Waals surface area (Å²) in [6.45, 7) is 6.29. The highest BCUT2D eigenvalue weighted by atomic mass is 19.4. The lowest BCUT2D eigenvalue weighted by Crippen LogP contribution is -2.22. The van der Waals surface area contributed by atoms with E-state index in [2.05, 4.69) is 31.4 Å². The van der Waals surface area contributed by atoms with E-state index in [1.165, 1.54) is 17.7 Å². The highest BCUT2D eigenvalue weighted by Crippen LogP contribution is 2.30. The highest BCUT2D eigenvalue weighted by molar-refractivity contribution is 5.93. The Morgan fingerprint density at radius 1 is 0.920 bits per heavy atom. The van der Waals surface area contributed by atoms with E-state index in [9.17, 15) is 18.0 Å². The predicted octanol–water partition coefficient (Wildman–Crippen LogP) is 5.05. The van der Waals surface area contributed by atoms with E-state index in [-0.39, 0.29) is 17.6 Å². The van der Waals surface area contributed by atoms with E-state index in [1.54, 1.807) is 0 Å². The molecule has 0 saturated heterocycles. The molecule has 2 rings (SSSR count). The molecule has 0 atom stereocenters. The fourth-order valence-corrected chi connectivity index (χ4v) is 2.25. The predicted molar refractivity (Wildman–Crippen MR) is 93.7 cm³/mol. The molecular formula is C19H21F3N2O. The van der Waals surface area contributed by atoms with Crippen LogP contribution in [0.15, 0.2) is 48.5 Å². The van der Waals surface area contributed by atoms with E-state index in [4.69, 9.17) is 0 Å². The first-order chi connectivity index (χ1) is 11.6. The zero-order chi connectivity index (χ0) is 18.7. The molecule has 0 heterocycles. The average molecular weight is 350 g/mol. The van der Waals surface area contributed by atoms with Crippen molar-refractivity contribution in [2.45, 2.75) is 32.4 Å². The molecule has 0 bridgehead atoms. The van der Waals surface area contributed by atoms with Crippen molar-refractivity contribution in [1.29, 1.82) is 0 Å². The molecule has 1 amide bonds. The van der Waals surface area contributed by atoms with Gasteiger partial charge in [-0.3, -0.25) is 4.79 Å². The van der Waals surface area contributed by atoms with Crippen molar-refractivity contribution in [3.63, 3.8) is 0 Å². The zero-order valence-electron chi connectivity index (χ0n) is 14.4. The van der Waals surface area contributed by atoms with Gasteiger partial charge in [-0.15, -0.1) is 0 Å². The average Bonchev–Trinajstić information content (AvgIpc) is 2.52. The summed E-state index contributed by atoms with van der Waals surface area (Å²) >= 11 is 0. The van der Waals surface area contributed by atoms with Gasteiger partial charge in [0, 0.05) is 11.4 Å². The van der Waals surface area contributed by atoms with Gasteiger partial charge in [0.1, 0.15) is 0 Å². The molecule has 0 saturated carbocycles. The Labute approximate surface area is 145 Å². The number of nitrogens with one attached hydrogen (secondary N) is 2. The summed E-state index contributed by atoms with van der Waals surface area (Å²) in [4.78, 5) is 11.9. The van der Waals surface area contributed by atoms with E-state index in [1.807, 2.05) is 24.3 Å². The van der Waals surface area contributed by atoms with Gasteiger partial charge < -0.3 is 10.6 Å². The number of alkyl halides is 3. The van der Waals surface area contributed by atoms with Crippen molar-refractivity contribution >= 4 is 17.3 Å². The van der Waals surface area contributed by atoms with E-state index >= 15 is 0 Å². The molecule has 2 aromatic carbocycles. The van der Waals surface area contributed by atoms with Crippen LogP contribution in [0.4, 0.5) is 24.5 Å². The van der Waals surface area contributed by atoms with Gasteiger partial charge in [0.25, 0.3) is 0 Å². The van der Waals surface area contributed by atoms with Crippen LogP contribution in [0.2, 0.25) is 0 Å². The van der Waals surface area contributed by atoms with E-state index in [0.717, 1.165) is 17.8 Å². The first-order valence-corrected chi connectivity index (χ1v) is 7.87. The summed E-state index contributed by atoms with van der Waals surface area (Å²) in [6, 6.07) is 12.3. The molecule has 0 fully saturated rings. The molecule has 0 aliphatic heterocycles. The number of anilines is 2. The lowest BCUT2D eigenvalue weighted by Gasteiger charge is -2.19. The van der Waals surface area contributed by atoms with Gasteiger partial charge in [0.15, 0.2) is 0 Å². The minimum absolute atomic E-state index is 0.0366. The standard InChI is InChI=1S/C19H21F3N2O/c1-18(2,3)13-7-9-15(10-8-13)23-12-17(25)24-16-6-4-5-14(11-16)19(20,21)22/h4-11,23H,12H2,1-3H3,(H,24,25). The summed E-state index contributed by atoms with van der Waals surface area (Å²) in [5, 5.41) is 5.41. The van der Waals surface area contributed by atoms with Gasteiger partial charge in [0.2, 0.25) is 5.91 Å². The second kappa shape index (κ2) is 7.17. The maximum absolute atomic E-state index is 12.7. The quantitative estimate of drug-likeness (QED) is 0.810. The van der Waals surface area contributed by atoms with Crippen LogP contribution in [0.25, 0.3) is 0 Å². The molecule has 0 spiro atoms. The molecule has 134 valence electrons. The first kappa shape index (κ1) is 18.8. The van der Waals surface area contributed by atoms with Crippen LogP contribution in [0.1, 0.15) is 31.9 Å². The molecule has 0 radical (unpaired) electrons. The fraction of sp³-hybridized carbons (Fsp3) is 0.316. The SMILES string of the molecule is CC(C)(C)c1ccc(NCC(=O)Nc2cccc(C(F)(F)F)c2)cc1. The van der Waals surface area contributed by atoms with Crippen molar-refractivity contribution < 1.29 is 18.0 Å². The third kappa shape index (κ3) is 5.52. The summed E-state index contributed by atoms with van der Waals surface area (Å²) in [5.41, 5.74) is 1.30. The van der Waals surface area contributed by atoms with E-state index < -0.39 is 17.6 Å². The van der Waals surface area contributed by atoms with Gasteiger partial charge in [-0.1, -0.05) is 39.0 Å². The topological polar surface area (TPSA) is 41.1 Å². The minimum Gasteiger partial charge on any atom is -0.376 e. The normalized spacial score (nSPS) is 11.9. The summed E-state index contributed by atoms with van der Waals surface area (Å²) in [6.07, 6.45) is -4.44. The Morgan fingerprint density at radius 2 is 1.56 bits per heavy atom. The second-order valence-electron chi connectivity index (χ2n) is 6.81. The Balaban J connectivity index is 1.93. The Morgan fingerprint density at radius 3 is 2.12 bits per heavy atom. The number of rotatable bonds is 4. The van der Waals surface area contributed by atoms with Gasteiger partial charge in [-0.2, -0.15) is 13.2 Å². The van der Waals surface area contributed by atoms with Gasteiger partial charge in [-0.05, 0) is 41.3 Å². The zero-order valence-corrected chi connectivity index (χ0v) is 14.4. The lowest BCUT2D eigenvalue weighted by molar-refractivity contribution is -0.137. The molecule has 2 aromatic rings. The molecular weight excluding hydrogens is 329 g/mol. The number of hydrogen-bond acceptors (Lipinski definition) is 2. The molecule has 25 heavy (non-hydrogen) atoms. The maximum Gasteiger partial charge on any atom is 0.416 e. The van der Waals surface area contributed by atoms with Crippen LogP contribution in [0.5, 0.6) is 0 Å². The highest BCUT2D eigenvalue weighted by Gasteiger charge is 2.30. The maximum atomic E-state index is 12.7. The monoisotopic (exact) mass is 350 g/mol. The molecule has 0 unspecified atom stereocenters. The minimum atomic E-state index is -4.44. The smallest absolute Gasteiger partial charge is 0.376 e. The molecule has 0 aromatic heterocycles. The van der Waals surface area contributed by atoms with Crippen LogP contribution in [0.3, 0.4) is 0 Å². The lowest BCUT2D eigenvalue weighted by atomic mass is 9.87. The number of benzene rings is 2. The van der Waals surface area contributed by atoms with Crippen molar-refractivity contribution in [1.82, 2.24) is 0 Å². The summed E-state index contributed by atoms with van der Waals surface area (Å²) < 4.78 is 38.0.